The molecular weight excluding hydrogens is 392 g/mol. The summed E-state index contributed by atoms with van der Waals surface area (Å²) >= 11 is 1.17. The molecular formula is C21H18N2O5S. The van der Waals surface area contributed by atoms with Gasteiger partial charge in [-0.1, -0.05) is 6.07 Å². The first-order valence-electron chi connectivity index (χ1n) is 9.22. The van der Waals surface area contributed by atoms with Crippen molar-refractivity contribution in [1.29, 1.82) is 0 Å². The number of fused-ring (bicyclic) bond motifs is 2. The Labute approximate surface area is 170 Å². The molecule has 0 saturated heterocycles. The zero-order valence-electron chi connectivity index (χ0n) is 15.6. The third-order valence-electron chi connectivity index (χ3n) is 4.93. The number of thiophene rings is 1. The predicted molar refractivity (Wildman–Crippen MR) is 110 cm³/mol. The summed E-state index contributed by atoms with van der Waals surface area (Å²) in [6.07, 6.45) is 2.22. The zero-order chi connectivity index (χ0) is 20.5. The van der Waals surface area contributed by atoms with Crippen LogP contribution < -0.4 is 5.32 Å². The highest BCUT2D eigenvalue weighted by Crippen LogP contribution is 2.30. The van der Waals surface area contributed by atoms with Crippen LogP contribution in [0.5, 0.6) is 0 Å². The summed E-state index contributed by atoms with van der Waals surface area (Å²) in [5.41, 5.74) is 3.20. The summed E-state index contributed by atoms with van der Waals surface area (Å²) in [5.74, 6) is -1.04. The third-order valence-corrected chi connectivity index (χ3v) is 6.03. The number of nitrogens with one attached hydrogen (secondary N) is 1. The molecule has 0 saturated carbocycles. The number of carbonyl (C=O) groups is 2. The molecule has 0 spiro atoms. The van der Waals surface area contributed by atoms with Crippen LogP contribution in [-0.4, -0.2) is 22.9 Å². The number of hydrogen-bond acceptors (Lipinski definition) is 6. The van der Waals surface area contributed by atoms with Crippen molar-refractivity contribution in [3.63, 3.8) is 0 Å². The van der Waals surface area contributed by atoms with Gasteiger partial charge in [0.1, 0.15) is 4.88 Å². The van der Waals surface area contributed by atoms with Crippen molar-refractivity contribution in [1.82, 2.24) is 0 Å². The largest absolute Gasteiger partial charge is 0.448 e. The van der Waals surface area contributed by atoms with E-state index in [1.54, 1.807) is 12.1 Å². The van der Waals surface area contributed by atoms with Crippen molar-refractivity contribution in [2.75, 3.05) is 5.32 Å². The molecule has 1 aliphatic rings. The molecule has 3 aromatic rings. The first kappa shape index (κ1) is 19.1. The second-order valence-corrected chi connectivity index (χ2v) is 8.05. The number of hydrogen-bond donors (Lipinski definition) is 1. The van der Waals surface area contributed by atoms with Gasteiger partial charge in [0, 0.05) is 27.9 Å². The number of nitro groups is 1. The lowest BCUT2D eigenvalue weighted by atomic mass is 10.1. The summed E-state index contributed by atoms with van der Waals surface area (Å²) in [6.45, 7) is 1.51. The van der Waals surface area contributed by atoms with Crippen LogP contribution in [0.4, 0.5) is 11.4 Å². The molecule has 1 aliphatic carbocycles. The van der Waals surface area contributed by atoms with Crippen LogP contribution in [0.3, 0.4) is 0 Å². The maximum absolute atomic E-state index is 12.4. The highest BCUT2D eigenvalue weighted by atomic mass is 32.1. The number of aryl methyl sites for hydroxylation is 2. The summed E-state index contributed by atoms with van der Waals surface area (Å²) in [7, 11) is 0. The quantitative estimate of drug-likeness (QED) is 0.380. The number of carbonyl (C=O) groups excluding carboxylic acids is 2. The Morgan fingerprint density at radius 1 is 1.14 bits per heavy atom. The Morgan fingerprint density at radius 2 is 1.93 bits per heavy atom. The van der Waals surface area contributed by atoms with E-state index in [2.05, 4.69) is 5.32 Å². The minimum atomic E-state index is -0.977. The zero-order valence-corrected chi connectivity index (χ0v) is 16.5. The summed E-state index contributed by atoms with van der Waals surface area (Å²) < 4.78 is 6.03. The molecule has 148 valence electrons. The number of nitrogens with zero attached hydrogens (tertiary/aromatic N) is 1. The normalized spacial score (nSPS) is 13.7. The number of rotatable bonds is 5. The van der Waals surface area contributed by atoms with Crippen LogP contribution in [-0.2, 0) is 22.4 Å². The smallest absolute Gasteiger partial charge is 0.349 e. The van der Waals surface area contributed by atoms with Crippen molar-refractivity contribution in [2.45, 2.75) is 32.3 Å². The molecule has 0 fully saturated rings. The number of esters is 1. The van der Waals surface area contributed by atoms with Crippen LogP contribution in [0, 0.1) is 10.1 Å². The van der Waals surface area contributed by atoms with Gasteiger partial charge in [-0.25, -0.2) is 4.79 Å². The van der Waals surface area contributed by atoms with Gasteiger partial charge in [-0.15, -0.1) is 11.3 Å². The lowest BCUT2D eigenvalue weighted by Gasteiger charge is -2.13. The molecule has 7 nitrogen and oxygen atoms in total. The van der Waals surface area contributed by atoms with Crippen molar-refractivity contribution in [3.05, 3.63) is 68.6 Å². The lowest BCUT2D eigenvalue weighted by Crippen LogP contribution is -2.29. The van der Waals surface area contributed by atoms with Gasteiger partial charge in [-0.05, 0) is 61.6 Å². The molecule has 1 amide bonds. The van der Waals surface area contributed by atoms with Gasteiger partial charge in [0.2, 0.25) is 0 Å². The van der Waals surface area contributed by atoms with Gasteiger partial charge in [0.15, 0.2) is 6.10 Å². The van der Waals surface area contributed by atoms with E-state index in [0.29, 0.717) is 11.1 Å². The van der Waals surface area contributed by atoms with Crippen molar-refractivity contribution in [3.8, 4) is 0 Å². The number of ether oxygens (including phenoxy) is 1. The Kier molecular flexibility index (Phi) is 5.02. The van der Waals surface area contributed by atoms with E-state index in [0.717, 1.165) is 24.0 Å². The lowest BCUT2D eigenvalue weighted by molar-refractivity contribution is -0.384. The molecule has 29 heavy (non-hydrogen) atoms. The maximum atomic E-state index is 12.4. The molecule has 0 bridgehead atoms. The van der Waals surface area contributed by atoms with Gasteiger partial charge < -0.3 is 10.1 Å². The van der Waals surface area contributed by atoms with Crippen LogP contribution in [0.1, 0.15) is 34.1 Å². The maximum Gasteiger partial charge on any atom is 0.349 e. The van der Waals surface area contributed by atoms with Gasteiger partial charge in [-0.3, -0.25) is 14.9 Å². The van der Waals surface area contributed by atoms with E-state index in [-0.39, 0.29) is 10.6 Å². The number of benzene rings is 2. The van der Waals surface area contributed by atoms with E-state index in [4.69, 9.17) is 4.74 Å². The average molecular weight is 410 g/mol. The van der Waals surface area contributed by atoms with Gasteiger partial charge in [0.25, 0.3) is 11.6 Å². The Morgan fingerprint density at radius 3 is 2.72 bits per heavy atom. The van der Waals surface area contributed by atoms with Crippen LogP contribution >= 0.6 is 11.3 Å². The highest BCUT2D eigenvalue weighted by Gasteiger charge is 2.22. The SMILES string of the molecule is C[C@H](OC(=O)c1cc2cc([N+](=O)[O-])ccc2s1)C(=O)Nc1ccc2c(c1)CCC2. The fourth-order valence-electron chi connectivity index (χ4n) is 3.41. The van der Waals surface area contributed by atoms with E-state index in [9.17, 15) is 19.7 Å². The number of nitro benzene ring substituents is 1. The molecule has 0 aliphatic heterocycles. The molecule has 1 heterocycles. The van der Waals surface area contributed by atoms with Crippen molar-refractivity contribution >= 4 is 44.7 Å². The first-order chi connectivity index (χ1) is 13.9. The molecule has 0 unspecified atom stereocenters. The average Bonchev–Trinajstić information content (AvgIpc) is 3.33. The third kappa shape index (κ3) is 3.97. The second kappa shape index (κ2) is 7.63. The molecule has 0 radical (unpaired) electrons. The molecule has 1 N–H and O–H groups in total. The van der Waals surface area contributed by atoms with Gasteiger partial charge in [0.05, 0.1) is 4.92 Å². The van der Waals surface area contributed by atoms with E-state index < -0.39 is 22.9 Å². The number of non-ortho nitro benzene ring substituents is 1. The fraction of sp³-hybridized carbons (Fsp3) is 0.238. The molecule has 8 heteroatoms. The number of anilines is 1. The monoisotopic (exact) mass is 410 g/mol. The minimum Gasteiger partial charge on any atom is -0.448 e. The van der Waals surface area contributed by atoms with Crippen molar-refractivity contribution in [2.24, 2.45) is 0 Å². The summed E-state index contributed by atoms with van der Waals surface area (Å²) in [6, 6.07) is 11.8. The summed E-state index contributed by atoms with van der Waals surface area (Å²) in [4.78, 5) is 35.5. The second-order valence-electron chi connectivity index (χ2n) is 6.96. The topological polar surface area (TPSA) is 98.5 Å². The molecule has 1 atom stereocenters. The first-order valence-corrected chi connectivity index (χ1v) is 10.0. The predicted octanol–water partition coefficient (Wildman–Crippen LogP) is 4.48. The van der Waals surface area contributed by atoms with E-state index in [1.807, 2.05) is 18.2 Å². The van der Waals surface area contributed by atoms with Crippen molar-refractivity contribution < 1.29 is 19.2 Å². The summed E-state index contributed by atoms with van der Waals surface area (Å²) in [5, 5.41) is 14.3. The molecule has 1 aromatic heterocycles. The highest BCUT2D eigenvalue weighted by molar-refractivity contribution is 7.20. The van der Waals surface area contributed by atoms with Crippen LogP contribution in [0.2, 0.25) is 0 Å². The number of amides is 1. The van der Waals surface area contributed by atoms with Gasteiger partial charge >= 0.3 is 5.97 Å². The standard InChI is InChI=1S/C21H18N2O5S/c1-12(20(24)22-16-6-5-13-3-2-4-14(13)9-16)28-21(25)19-11-15-10-17(23(26)27)7-8-18(15)29-19/h5-12H,2-4H2,1H3,(H,22,24)/t12-/m0/s1. The molecule has 4 rings (SSSR count). The Bertz CT molecular complexity index is 1140. The minimum absolute atomic E-state index is 0.0442. The fourth-order valence-corrected chi connectivity index (χ4v) is 4.34. The van der Waals surface area contributed by atoms with E-state index in [1.165, 1.54) is 41.5 Å². The van der Waals surface area contributed by atoms with Gasteiger partial charge in [-0.2, -0.15) is 0 Å². The van der Waals surface area contributed by atoms with Crippen LogP contribution in [0.15, 0.2) is 42.5 Å². The van der Waals surface area contributed by atoms with E-state index >= 15 is 0 Å². The Hall–Kier alpha value is -3.26. The molecule has 2 aromatic carbocycles. The van der Waals surface area contributed by atoms with Crippen LogP contribution in [0.25, 0.3) is 10.1 Å². The Balaban J connectivity index is 1.42.